The fourth-order valence-corrected chi connectivity index (χ4v) is 3.54. The highest BCUT2D eigenvalue weighted by Gasteiger charge is 2.30. The van der Waals surface area contributed by atoms with Crippen LogP contribution in [-0.2, 0) is 24.5 Å². The molecular weight excluding hydrogens is 396 g/mol. The fourth-order valence-electron chi connectivity index (χ4n) is 3.54. The predicted molar refractivity (Wildman–Crippen MR) is 119 cm³/mol. The van der Waals surface area contributed by atoms with Crippen LogP contribution in [0.2, 0.25) is 0 Å². The summed E-state index contributed by atoms with van der Waals surface area (Å²) in [6.07, 6.45) is -0.119. The number of benzene rings is 1. The van der Waals surface area contributed by atoms with Crippen molar-refractivity contribution in [3.63, 3.8) is 0 Å². The van der Waals surface area contributed by atoms with Gasteiger partial charge in [0.05, 0.1) is 12.2 Å². The molecule has 0 aromatic heterocycles. The van der Waals surface area contributed by atoms with Gasteiger partial charge in [0, 0.05) is 18.7 Å². The number of ether oxygens (including phenoxy) is 2. The average Bonchev–Trinajstić information content (AvgIpc) is 2.68. The Balaban J connectivity index is 1.96. The zero-order chi connectivity index (χ0) is 23.3. The summed E-state index contributed by atoms with van der Waals surface area (Å²) in [4.78, 5) is 39.4. The van der Waals surface area contributed by atoms with Crippen LogP contribution in [0.1, 0.15) is 64.4 Å². The first-order chi connectivity index (χ1) is 14.4. The van der Waals surface area contributed by atoms with Crippen molar-refractivity contribution in [1.29, 1.82) is 0 Å². The lowest BCUT2D eigenvalue weighted by Gasteiger charge is -2.35. The number of hydrogen-bond donors (Lipinski definition) is 1. The number of hydrogen-bond acceptors (Lipinski definition) is 5. The smallest absolute Gasteiger partial charge is 0.329 e. The van der Waals surface area contributed by atoms with Crippen LogP contribution in [0.25, 0.3) is 0 Å². The van der Waals surface area contributed by atoms with Crippen molar-refractivity contribution in [1.82, 2.24) is 10.2 Å². The van der Waals surface area contributed by atoms with Gasteiger partial charge in [-0.3, -0.25) is 9.59 Å². The molecule has 7 heteroatoms. The van der Waals surface area contributed by atoms with Gasteiger partial charge in [-0.25, -0.2) is 4.79 Å². The van der Waals surface area contributed by atoms with E-state index in [0.717, 1.165) is 5.56 Å². The molecule has 0 unspecified atom stereocenters. The maximum atomic E-state index is 12.7. The van der Waals surface area contributed by atoms with Gasteiger partial charge >= 0.3 is 5.97 Å². The van der Waals surface area contributed by atoms with E-state index in [-0.39, 0.29) is 42.0 Å². The predicted octanol–water partition coefficient (Wildman–Crippen LogP) is 2.92. The molecule has 3 atom stereocenters. The standard InChI is InChI=1S/C24H36N2O5/c1-15(2)21(25-22(28)18-8-10-19(11-9-18)24(5,6)7)23(29)30-14-20(27)26-12-16(3)31-17(4)13-26/h8-11,15-17,21H,12-14H2,1-7H3,(H,25,28)/t16-,17-,21+/m1/s1. The number of esters is 1. The largest absolute Gasteiger partial charge is 0.454 e. The molecule has 0 spiro atoms. The number of nitrogens with one attached hydrogen (secondary N) is 1. The van der Waals surface area contributed by atoms with Crippen LogP contribution in [0.5, 0.6) is 0 Å². The molecule has 2 amide bonds. The first kappa shape index (κ1) is 24.9. The van der Waals surface area contributed by atoms with E-state index < -0.39 is 12.0 Å². The van der Waals surface area contributed by atoms with Crippen molar-refractivity contribution in [2.75, 3.05) is 19.7 Å². The van der Waals surface area contributed by atoms with Crippen LogP contribution in [0, 0.1) is 5.92 Å². The molecule has 0 bridgehead atoms. The number of carbonyl (C=O) groups is 3. The van der Waals surface area contributed by atoms with Gasteiger partial charge in [0.15, 0.2) is 6.61 Å². The SMILES string of the molecule is CC(C)[C@H](NC(=O)c1ccc(C(C)(C)C)cc1)C(=O)OCC(=O)N1C[C@@H](C)O[C@H](C)C1. The summed E-state index contributed by atoms with van der Waals surface area (Å²) in [5.41, 5.74) is 1.58. The molecular formula is C24H36N2O5. The molecule has 7 nitrogen and oxygen atoms in total. The number of amides is 2. The number of morpholine rings is 1. The number of carbonyl (C=O) groups excluding carboxylic acids is 3. The van der Waals surface area contributed by atoms with E-state index in [2.05, 4.69) is 26.1 Å². The lowest BCUT2D eigenvalue weighted by Crippen LogP contribution is -2.50. The van der Waals surface area contributed by atoms with Crippen LogP contribution in [0.3, 0.4) is 0 Å². The zero-order valence-corrected chi connectivity index (χ0v) is 19.7. The second-order valence-corrected chi connectivity index (χ2v) is 9.69. The Bertz CT molecular complexity index is 772. The normalized spacial score (nSPS) is 20.3. The summed E-state index contributed by atoms with van der Waals surface area (Å²) >= 11 is 0. The molecule has 1 aromatic rings. The van der Waals surface area contributed by atoms with Crippen LogP contribution < -0.4 is 5.32 Å². The summed E-state index contributed by atoms with van der Waals surface area (Å²) in [6, 6.07) is 6.50. The van der Waals surface area contributed by atoms with Crippen molar-refractivity contribution >= 4 is 17.8 Å². The van der Waals surface area contributed by atoms with E-state index in [0.29, 0.717) is 18.7 Å². The van der Waals surface area contributed by atoms with Gasteiger partial charge in [0.2, 0.25) is 0 Å². The van der Waals surface area contributed by atoms with E-state index >= 15 is 0 Å². The number of nitrogens with zero attached hydrogens (tertiary/aromatic N) is 1. The molecule has 0 aliphatic carbocycles. The third-order valence-electron chi connectivity index (χ3n) is 5.33. The Kier molecular flexibility index (Phi) is 8.23. The zero-order valence-electron chi connectivity index (χ0n) is 19.7. The molecule has 1 heterocycles. The summed E-state index contributed by atoms with van der Waals surface area (Å²) in [7, 11) is 0. The minimum Gasteiger partial charge on any atom is -0.454 e. The molecule has 1 saturated heterocycles. The van der Waals surface area contributed by atoms with Crippen molar-refractivity contribution in [3.8, 4) is 0 Å². The Hall–Kier alpha value is -2.41. The van der Waals surface area contributed by atoms with Crippen molar-refractivity contribution in [3.05, 3.63) is 35.4 Å². The van der Waals surface area contributed by atoms with E-state index in [4.69, 9.17) is 9.47 Å². The van der Waals surface area contributed by atoms with Crippen molar-refractivity contribution in [2.45, 2.75) is 72.1 Å². The molecule has 0 radical (unpaired) electrons. The summed E-state index contributed by atoms with van der Waals surface area (Å²) in [5.74, 6) is -1.42. The first-order valence-corrected chi connectivity index (χ1v) is 10.9. The second-order valence-electron chi connectivity index (χ2n) is 9.69. The van der Waals surface area contributed by atoms with Gasteiger partial charge in [0.25, 0.3) is 11.8 Å². The quantitative estimate of drug-likeness (QED) is 0.699. The van der Waals surface area contributed by atoms with Crippen LogP contribution in [0.4, 0.5) is 0 Å². The number of rotatable bonds is 6. The van der Waals surface area contributed by atoms with Crippen LogP contribution in [0.15, 0.2) is 24.3 Å². The van der Waals surface area contributed by atoms with E-state index in [9.17, 15) is 14.4 Å². The van der Waals surface area contributed by atoms with Crippen LogP contribution >= 0.6 is 0 Å². The van der Waals surface area contributed by atoms with Crippen molar-refractivity contribution < 1.29 is 23.9 Å². The lowest BCUT2D eigenvalue weighted by molar-refractivity contribution is -0.159. The summed E-state index contributed by atoms with van der Waals surface area (Å²) < 4.78 is 10.9. The monoisotopic (exact) mass is 432 g/mol. The Morgan fingerprint density at radius 2 is 1.65 bits per heavy atom. The first-order valence-electron chi connectivity index (χ1n) is 10.9. The Labute approximate surface area is 185 Å². The molecule has 2 rings (SSSR count). The minimum atomic E-state index is -0.842. The fraction of sp³-hybridized carbons (Fsp3) is 0.625. The molecule has 1 N–H and O–H groups in total. The molecule has 172 valence electrons. The van der Waals surface area contributed by atoms with Gasteiger partial charge in [0.1, 0.15) is 6.04 Å². The van der Waals surface area contributed by atoms with Gasteiger partial charge in [-0.05, 0) is 42.9 Å². The Morgan fingerprint density at radius 3 is 2.13 bits per heavy atom. The molecule has 31 heavy (non-hydrogen) atoms. The molecule has 1 aliphatic rings. The second kappa shape index (κ2) is 10.3. The van der Waals surface area contributed by atoms with E-state index in [1.807, 2.05) is 39.8 Å². The maximum absolute atomic E-state index is 12.7. The lowest BCUT2D eigenvalue weighted by atomic mass is 9.86. The highest BCUT2D eigenvalue weighted by molar-refractivity contribution is 5.97. The van der Waals surface area contributed by atoms with E-state index in [1.54, 1.807) is 17.0 Å². The summed E-state index contributed by atoms with van der Waals surface area (Å²) in [6.45, 7) is 14.3. The van der Waals surface area contributed by atoms with Crippen LogP contribution in [-0.4, -0.2) is 60.6 Å². The minimum absolute atomic E-state index is 0.0120. The third kappa shape index (κ3) is 7.06. The topological polar surface area (TPSA) is 84.9 Å². The highest BCUT2D eigenvalue weighted by atomic mass is 16.5. The highest BCUT2D eigenvalue weighted by Crippen LogP contribution is 2.22. The van der Waals surface area contributed by atoms with Gasteiger partial charge < -0.3 is 19.7 Å². The van der Waals surface area contributed by atoms with Gasteiger partial charge in [-0.15, -0.1) is 0 Å². The van der Waals surface area contributed by atoms with Gasteiger partial charge in [-0.2, -0.15) is 0 Å². The molecule has 1 aliphatic heterocycles. The average molecular weight is 433 g/mol. The third-order valence-corrected chi connectivity index (χ3v) is 5.33. The molecule has 1 aromatic carbocycles. The van der Waals surface area contributed by atoms with E-state index in [1.165, 1.54) is 0 Å². The maximum Gasteiger partial charge on any atom is 0.329 e. The Morgan fingerprint density at radius 1 is 1.10 bits per heavy atom. The summed E-state index contributed by atoms with van der Waals surface area (Å²) in [5, 5.41) is 2.75. The molecule has 0 saturated carbocycles. The molecule has 1 fully saturated rings. The van der Waals surface area contributed by atoms with Crippen molar-refractivity contribution in [2.24, 2.45) is 5.92 Å². The van der Waals surface area contributed by atoms with Gasteiger partial charge in [-0.1, -0.05) is 46.8 Å².